The van der Waals surface area contributed by atoms with E-state index in [-0.39, 0.29) is 24.0 Å². The zero-order chi connectivity index (χ0) is 18.8. The maximum Gasteiger partial charge on any atom is 0.341 e. The van der Waals surface area contributed by atoms with Crippen LogP contribution in [0.5, 0.6) is 0 Å². The molecule has 2 aliphatic rings. The number of carbonyl (C=O) groups is 3. The standard InChI is InChI=1S/C18H25N3O4S/c1-4-25-18(24)14-10(2)15(16(23)19-3)26-17(14)20-13(22)9-21-8-11-6-5-7-12(11)21/h11-12H,4-9H2,1-3H3,(H,19,23)(H,20,22)/t11-,12-/m1/s1. The van der Waals surface area contributed by atoms with Gasteiger partial charge in [0.25, 0.3) is 5.91 Å². The van der Waals surface area contributed by atoms with Gasteiger partial charge in [0.05, 0.1) is 23.6 Å². The first kappa shape index (κ1) is 18.8. The minimum atomic E-state index is -0.522. The molecular formula is C18H25N3O4S. The van der Waals surface area contributed by atoms with Crippen LogP contribution in [0, 0.1) is 12.8 Å². The number of carbonyl (C=O) groups excluding carboxylic acids is 3. The smallest absolute Gasteiger partial charge is 0.341 e. The lowest BCUT2D eigenvalue weighted by atomic mass is 9.92. The fraction of sp³-hybridized carbons (Fsp3) is 0.611. The Kier molecular flexibility index (Phi) is 5.62. The quantitative estimate of drug-likeness (QED) is 0.739. The van der Waals surface area contributed by atoms with Crippen LogP contribution in [0.15, 0.2) is 0 Å². The molecule has 0 aromatic carbocycles. The number of ether oxygens (including phenoxy) is 1. The van der Waals surface area contributed by atoms with Crippen LogP contribution in [0.4, 0.5) is 5.00 Å². The van der Waals surface area contributed by atoms with E-state index in [1.807, 2.05) is 0 Å². The molecule has 2 atom stereocenters. The zero-order valence-electron chi connectivity index (χ0n) is 15.4. The summed E-state index contributed by atoms with van der Waals surface area (Å²) in [6, 6.07) is 0.525. The topological polar surface area (TPSA) is 87.7 Å². The summed E-state index contributed by atoms with van der Waals surface area (Å²) in [5.41, 5.74) is 0.800. The number of fused-ring (bicyclic) bond motifs is 1. The van der Waals surface area contributed by atoms with Crippen molar-refractivity contribution in [2.45, 2.75) is 39.2 Å². The van der Waals surface area contributed by atoms with Crippen molar-refractivity contribution < 1.29 is 19.1 Å². The van der Waals surface area contributed by atoms with Gasteiger partial charge in [0.2, 0.25) is 5.91 Å². The lowest BCUT2D eigenvalue weighted by Gasteiger charge is -2.44. The highest BCUT2D eigenvalue weighted by atomic mass is 32.1. The number of thiophene rings is 1. The molecule has 1 saturated carbocycles. The van der Waals surface area contributed by atoms with Gasteiger partial charge in [-0.25, -0.2) is 4.79 Å². The van der Waals surface area contributed by atoms with Crippen LogP contribution in [0.3, 0.4) is 0 Å². The molecule has 1 aromatic rings. The highest BCUT2D eigenvalue weighted by molar-refractivity contribution is 7.18. The third-order valence-electron chi connectivity index (χ3n) is 5.22. The Balaban J connectivity index is 1.75. The Morgan fingerprint density at radius 2 is 2.08 bits per heavy atom. The number of nitrogens with zero attached hydrogens (tertiary/aromatic N) is 1. The first-order valence-corrected chi connectivity index (χ1v) is 9.84. The summed E-state index contributed by atoms with van der Waals surface area (Å²) in [4.78, 5) is 39.5. The lowest BCUT2D eigenvalue weighted by Crippen LogP contribution is -2.55. The van der Waals surface area contributed by atoms with Gasteiger partial charge in [-0.15, -0.1) is 11.3 Å². The molecule has 0 radical (unpaired) electrons. The molecule has 1 aliphatic heterocycles. The normalized spacial score (nSPS) is 21.7. The van der Waals surface area contributed by atoms with Crippen LogP contribution in [0.25, 0.3) is 0 Å². The van der Waals surface area contributed by atoms with Crippen molar-refractivity contribution in [3.8, 4) is 0 Å². The number of nitrogens with one attached hydrogen (secondary N) is 2. The van der Waals surface area contributed by atoms with Gasteiger partial charge in [0.15, 0.2) is 0 Å². The summed E-state index contributed by atoms with van der Waals surface area (Å²) in [5.74, 6) is -0.228. The molecule has 8 heteroatoms. The average Bonchev–Trinajstić information content (AvgIpc) is 3.12. The Morgan fingerprint density at radius 1 is 1.31 bits per heavy atom. The molecule has 0 unspecified atom stereocenters. The molecular weight excluding hydrogens is 354 g/mol. The van der Waals surface area contributed by atoms with E-state index in [9.17, 15) is 14.4 Å². The van der Waals surface area contributed by atoms with Gasteiger partial charge in [-0.1, -0.05) is 6.42 Å². The summed E-state index contributed by atoms with van der Waals surface area (Å²) >= 11 is 1.11. The average molecular weight is 379 g/mol. The molecule has 7 nitrogen and oxygen atoms in total. The van der Waals surface area contributed by atoms with Crippen LogP contribution < -0.4 is 10.6 Å². The van der Waals surface area contributed by atoms with E-state index in [2.05, 4.69) is 15.5 Å². The lowest BCUT2D eigenvalue weighted by molar-refractivity contribution is -0.120. The van der Waals surface area contributed by atoms with Crippen molar-refractivity contribution in [2.75, 3.05) is 32.1 Å². The second kappa shape index (κ2) is 7.75. The summed E-state index contributed by atoms with van der Waals surface area (Å²) in [7, 11) is 1.53. The predicted octanol–water partition coefficient (Wildman–Crippen LogP) is 2.02. The Bertz CT molecular complexity index is 730. The summed E-state index contributed by atoms with van der Waals surface area (Å²) in [6.45, 7) is 4.93. The van der Waals surface area contributed by atoms with Gasteiger partial charge in [0.1, 0.15) is 5.00 Å². The molecule has 142 valence electrons. The maximum atomic E-state index is 12.5. The Morgan fingerprint density at radius 3 is 2.73 bits per heavy atom. The van der Waals surface area contributed by atoms with E-state index in [0.29, 0.717) is 28.0 Å². The largest absolute Gasteiger partial charge is 0.462 e. The van der Waals surface area contributed by atoms with E-state index in [4.69, 9.17) is 4.74 Å². The van der Waals surface area contributed by atoms with Crippen molar-refractivity contribution in [3.63, 3.8) is 0 Å². The highest BCUT2D eigenvalue weighted by Crippen LogP contribution is 2.39. The summed E-state index contributed by atoms with van der Waals surface area (Å²) < 4.78 is 5.10. The van der Waals surface area contributed by atoms with Crippen LogP contribution in [-0.2, 0) is 9.53 Å². The van der Waals surface area contributed by atoms with Crippen molar-refractivity contribution in [1.29, 1.82) is 0 Å². The Labute approximate surface area is 157 Å². The van der Waals surface area contributed by atoms with Crippen LogP contribution in [0.1, 0.15) is 51.8 Å². The fourth-order valence-electron chi connectivity index (χ4n) is 3.92. The number of anilines is 1. The van der Waals surface area contributed by atoms with Gasteiger partial charge in [-0.2, -0.15) is 0 Å². The maximum absolute atomic E-state index is 12.5. The molecule has 1 aliphatic carbocycles. The molecule has 2 amide bonds. The van der Waals surface area contributed by atoms with Gasteiger partial charge in [-0.05, 0) is 38.2 Å². The monoisotopic (exact) mass is 379 g/mol. The van der Waals surface area contributed by atoms with Crippen LogP contribution >= 0.6 is 11.3 Å². The van der Waals surface area contributed by atoms with E-state index in [1.165, 1.54) is 19.9 Å². The van der Waals surface area contributed by atoms with Crippen LogP contribution in [-0.4, -0.2) is 55.5 Å². The molecule has 2 heterocycles. The number of hydrogen-bond acceptors (Lipinski definition) is 6. The number of esters is 1. The summed E-state index contributed by atoms with van der Waals surface area (Å²) in [6.07, 6.45) is 3.65. The number of amides is 2. The predicted molar refractivity (Wildman–Crippen MR) is 99.7 cm³/mol. The van der Waals surface area contributed by atoms with Crippen molar-refractivity contribution >= 4 is 34.1 Å². The third-order valence-corrected chi connectivity index (χ3v) is 6.42. The van der Waals surface area contributed by atoms with Gasteiger partial charge in [0, 0.05) is 19.6 Å². The minimum Gasteiger partial charge on any atom is -0.462 e. The molecule has 1 saturated heterocycles. The zero-order valence-corrected chi connectivity index (χ0v) is 16.2. The van der Waals surface area contributed by atoms with Gasteiger partial charge in [-0.3, -0.25) is 14.5 Å². The molecule has 2 fully saturated rings. The Hall–Kier alpha value is -1.93. The minimum absolute atomic E-state index is 0.161. The molecule has 3 rings (SSSR count). The fourth-order valence-corrected chi connectivity index (χ4v) is 5.08. The third kappa shape index (κ3) is 3.48. The van der Waals surface area contributed by atoms with E-state index in [0.717, 1.165) is 30.2 Å². The van der Waals surface area contributed by atoms with E-state index >= 15 is 0 Å². The van der Waals surface area contributed by atoms with Crippen molar-refractivity contribution in [1.82, 2.24) is 10.2 Å². The number of hydrogen-bond donors (Lipinski definition) is 2. The number of rotatable bonds is 6. The second-order valence-electron chi connectivity index (χ2n) is 6.80. The van der Waals surface area contributed by atoms with Crippen LogP contribution in [0.2, 0.25) is 0 Å². The van der Waals surface area contributed by atoms with Crippen molar-refractivity contribution in [2.24, 2.45) is 5.92 Å². The molecule has 2 N–H and O–H groups in total. The second-order valence-corrected chi connectivity index (χ2v) is 7.82. The highest BCUT2D eigenvalue weighted by Gasteiger charge is 2.42. The van der Waals surface area contributed by atoms with E-state index < -0.39 is 5.97 Å². The number of likely N-dealkylation sites (tertiary alicyclic amines) is 1. The molecule has 1 aromatic heterocycles. The summed E-state index contributed by atoms with van der Waals surface area (Å²) in [5, 5.41) is 5.77. The molecule has 26 heavy (non-hydrogen) atoms. The SMILES string of the molecule is CCOC(=O)c1c(NC(=O)CN2C[C@H]3CCC[C@H]32)sc(C(=O)NC)c1C. The van der Waals surface area contributed by atoms with Crippen molar-refractivity contribution in [3.05, 3.63) is 16.0 Å². The van der Waals surface area contributed by atoms with E-state index in [1.54, 1.807) is 13.8 Å². The molecule has 0 bridgehead atoms. The van der Waals surface area contributed by atoms with Gasteiger partial charge < -0.3 is 15.4 Å². The van der Waals surface area contributed by atoms with Gasteiger partial charge >= 0.3 is 5.97 Å². The first-order valence-electron chi connectivity index (χ1n) is 9.02. The molecule has 0 spiro atoms. The first-order chi connectivity index (χ1) is 12.5.